The van der Waals surface area contributed by atoms with Crippen LogP contribution in [-0.2, 0) is 9.59 Å². The molecule has 3 rings (SSSR count). The fourth-order valence-electron chi connectivity index (χ4n) is 4.26. The van der Waals surface area contributed by atoms with Gasteiger partial charge < -0.3 is 39.3 Å². The molecule has 2 saturated heterocycles. The summed E-state index contributed by atoms with van der Waals surface area (Å²) >= 11 is 0. The minimum Gasteiger partial charge on any atom is -0.493 e. The van der Waals surface area contributed by atoms with Crippen molar-refractivity contribution in [2.45, 2.75) is 25.4 Å². The normalized spacial score (nSPS) is 16.0. The number of carbonyl (C=O) groups is 3. The number of benzene rings is 1. The molecule has 39 heavy (non-hydrogen) atoms. The van der Waals surface area contributed by atoms with Crippen molar-refractivity contribution in [2.75, 3.05) is 80.2 Å². The minimum atomic E-state index is -5.08. The Balaban J connectivity index is 0.000000673. The minimum absolute atomic E-state index is 0.0223. The Morgan fingerprint density at radius 2 is 1.49 bits per heavy atom. The fraction of sp³-hybridized carbons (Fsp3) is 0.640. The van der Waals surface area contributed by atoms with E-state index in [-0.39, 0.29) is 18.4 Å². The van der Waals surface area contributed by atoms with Gasteiger partial charge in [-0.1, -0.05) is 6.42 Å². The number of amides is 2. The molecule has 1 aromatic carbocycles. The molecule has 1 aromatic rings. The summed E-state index contributed by atoms with van der Waals surface area (Å²) in [6.45, 7) is 6.27. The summed E-state index contributed by atoms with van der Waals surface area (Å²) in [6, 6.07) is 3.29. The van der Waals surface area contributed by atoms with Gasteiger partial charge in [-0.15, -0.1) is 0 Å². The van der Waals surface area contributed by atoms with Crippen LogP contribution in [0.25, 0.3) is 0 Å². The van der Waals surface area contributed by atoms with Crippen molar-refractivity contribution in [1.29, 1.82) is 0 Å². The van der Waals surface area contributed by atoms with Crippen molar-refractivity contribution in [2.24, 2.45) is 0 Å². The number of hydrogen-bond acceptors (Lipinski definition) is 8. The first-order valence-corrected chi connectivity index (χ1v) is 12.6. The quantitative estimate of drug-likeness (QED) is 0.463. The molecule has 0 bridgehead atoms. The van der Waals surface area contributed by atoms with Crippen LogP contribution in [0, 0.1) is 0 Å². The van der Waals surface area contributed by atoms with Gasteiger partial charge in [-0.3, -0.25) is 9.59 Å². The molecule has 2 aliphatic rings. The van der Waals surface area contributed by atoms with Crippen molar-refractivity contribution in [3.63, 3.8) is 0 Å². The van der Waals surface area contributed by atoms with E-state index in [1.807, 2.05) is 4.90 Å². The second-order valence-corrected chi connectivity index (χ2v) is 8.98. The van der Waals surface area contributed by atoms with E-state index in [0.717, 1.165) is 32.7 Å². The maximum atomic E-state index is 13.5. The van der Waals surface area contributed by atoms with Crippen LogP contribution in [0.4, 0.5) is 13.2 Å². The maximum absolute atomic E-state index is 13.5. The molecule has 0 spiro atoms. The van der Waals surface area contributed by atoms with Crippen LogP contribution in [0.1, 0.15) is 29.6 Å². The molecule has 2 aliphatic heterocycles. The van der Waals surface area contributed by atoms with Crippen molar-refractivity contribution in [3.8, 4) is 17.2 Å². The summed E-state index contributed by atoms with van der Waals surface area (Å²) in [7, 11) is 4.57. The van der Waals surface area contributed by atoms with Gasteiger partial charge in [0.15, 0.2) is 11.5 Å². The average Bonchev–Trinajstić information content (AvgIpc) is 2.94. The third kappa shape index (κ3) is 9.77. The van der Waals surface area contributed by atoms with Crippen LogP contribution in [0.15, 0.2) is 12.1 Å². The lowest BCUT2D eigenvalue weighted by atomic mass is 10.1. The standard InChI is InChI=1S/C23H36N4O5.C2HF3O2/c1-30-19-15-18(16-20(31-2)22(19)32-3)23(29)27(14-13-25-9-5-4-6-10-25)17-21(28)26-11-7-24-8-12-26;3-2(4,5)1(6)7/h15-16,24H,4-14,17H2,1-3H3;(H,6,7). The van der Waals surface area contributed by atoms with E-state index in [9.17, 15) is 22.8 Å². The molecule has 0 aliphatic carbocycles. The molecule has 2 fully saturated rings. The van der Waals surface area contributed by atoms with Crippen LogP contribution in [0.5, 0.6) is 17.2 Å². The topological polar surface area (TPSA) is 121 Å². The molecule has 0 radical (unpaired) electrons. The highest BCUT2D eigenvalue weighted by atomic mass is 19.4. The zero-order chi connectivity index (χ0) is 29.0. The van der Waals surface area contributed by atoms with E-state index in [4.69, 9.17) is 24.1 Å². The second-order valence-electron chi connectivity index (χ2n) is 8.98. The summed E-state index contributed by atoms with van der Waals surface area (Å²) < 4.78 is 47.9. The Labute approximate surface area is 225 Å². The Morgan fingerprint density at radius 3 is 1.95 bits per heavy atom. The summed E-state index contributed by atoms with van der Waals surface area (Å²) in [6.07, 6.45) is -1.47. The lowest BCUT2D eigenvalue weighted by Crippen LogP contribution is -2.51. The van der Waals surface area contributed by atoms with E-state index >= 15 is 0 Å². The van der Waals surface area contributed by atoms with Gasteiger partial charge in [-0.25, -0.2) is 4.79 Å². The Hall–Kier alpha value is -3.26. The highest BCUT2D eigenvalue weighted by Gasteiger charge is 2.38. The number of methoxy groups -OCH3 is 3. The number of rotatable bonds is 9. The smallest absolute Gasteiger partial charge is 0.490 e. The fourth-order valence-corrected chi connectivity index (χ4v) is 4.26. The van der Waals surface area contributed by atoms with Crippen LogP contribution >= 0.6 is 0 Å². The van der Waals surface area contributed by atoms with E-state index in [1.54, 1.807) is 17.0 Å². The van der Waals surface area contributed by atoms with E-state index in [2.05, 4.69) is 10.2 Å². The number of hydrogen-bond donors (Lipinski definition) is 2. The predicted octanol–water partition coefficient (Wildman–Crippen LogP) is 1.71. The highest BCUT2D eigenvalue weighted by Crippen LogP contribution is 2.38. The van der Waals surface area contributed by atoms with Gasteiger partial charge in [0.25, 0.3) is 5.91 Å². The number of likely N-dealkylation sites (tertiary alicyclic amines) is 1. The number of carboxylic acids is 1. The molecule has 2 N–H and O–H groups in total. The van der Waals surface area contributed by atoms with Crippen LogP contribution in [0.2, 0.25) is 0 Å². The molecule has 0 unspecified atom stereocenters. The molecule has 14 heteroatoms. The van der Waals surface area contributed by atoms with Crippen molar-refractivity contribution < 1.29 is 46.9 Å². The molecule has 2 heterocycles. The Bertz CT molecular complexity index is 940. The third-order valence-electron chi connectivity index (χ3n) is 6.37. The first-order chi connectivity index (χ1) is 18.5. The number of ether oxygens (including phenoxy) is 3. The van der Waals surface area contributed by atoms with Gasteiger partial charge in [0.2, 0.25) is 11.7 Å². The van der Waals surface area contributed by atoms with Gasteiger partial charge in [-0.2, -0.15) is 13.2 Å². The van der Waals surface area contributed by atoms with Gasteiger partial charge in [-0.05, 0) is 38.1 Å². The Kier molecular flexibility index (Phi) is 12.6. The van der Waals surface area contributed by atoms with E-state index in [1.165, 1.54) is 40.6 Å². The predicted molar refractivity (Wildman–Crippen MR) is 135 cm³/mol. The lowest BCUT2D eigenvalue weighted by molar-refractivity contribution is -0.192. The number of nitrogens with zero attached hydrogens (tertiary/aromatic N) is 3. The number of nitrogens with one attached hydrogen (secondary N) is 1. The number of piperazine rings is 1. The van der Waals surface area contributed by atoms with Crippen LogP contribution < -0.4 is 19.5 Å². The van der Waals surface area contributed by atoms with Gasteiger partial charge in [0.1, 0.15) is 6.54 Å². The zero-order valence-electron chi connectivity index (χ0n) is 22.5. The molecular weight excluding hydrogens is 525 g/mol. The van der Waals surface area contributed by atoms with Crippen LogP contribution in [0.3, 0.4) is 0 Å². The first kappa shape index (κ1) is 32.0. The van der Waals surface area contributed by atoms with Crippen molar-refractivity contribution in [1.82, 2.24) is 20.0 Å². The van der Waals surface area contributed by atoms with E-state index < -0.39 is 12.1 Å². The van der Waals surface area contributed by atoms with Gasteiger partial charge in [0.05, 0.1) is 21.3 Å². The molecule has 0 atom stereocenters. The number of carboxylic acid groups (broad SMARTS) is 1. The second kappa shape index (κ2) is 15.4. The highest BCUT2D eigenvalue weighted by molar-refractivity contribution is 5.97. The van der Waals surface area contributed by atoms with Gasteiger partial charge in [0, 0.05) is 44.8 Å². The monoisotopic (exact) mass is 562 g/mol. The average molecular weight is 563 g/mol. The summed E-state index contributed by atoms with van der Waals surface area (Å²) in [5.41, 5.74) is 0.409. The van der Waals surface area contributed by atoms with E-state index in [0.29, 0.717) is 42.4 Å². The Morgan fingerprint density at radius 1 is 0.949 bits per heavy atom. The molecule has 220 valence electrons. The molecule has 0 aromatic heterocycles. The number of aliphatic carboxylic acids is 1. The molecule has 0 saturated carbocycles. The maximum Gasteiger partial charge on any atom is 0.490 e. The van der Waals surface area contributed by atoms with Crippen molar-refractivity contribution in [3.05, 3.63) is 17.7 Å². The first-order valence-electron chi connectivity index (χ1n) is 12.6. The largest absolute Gasteiger partial charge is 0.493 e. The third-order valence-corrected chi connectivity index (χ3v) is 6.37. The number of halogens is 3. The lowest BCUT2D eigenvalue weighted by Gasteiger charge is -2.32. The van der Waals surface area contributed by atoms with Crippen LogP contribution in [-0.4, -0.2) is 124 Å². The summed E-state index contributed by atoms with van der Waals surface area (Å²) in [5.74, 6) is -1.73. The van der Waals surface area contributed by atoms with Gasteiger partial charge >= 0.3 is 12.1 Å². The summed E-state index contributed by atoms with van der Waals surface area (Å²) in [5, 5.41) is 10.4. The SMILES string of the molecule is COc1cc(C(=O)N(CCN2CCCCC2)CC(=O)N2CCNCC2)cc(OC)c1OC.O=C(O)C(F)(F)F. The summed E-state index contributed by atoms with van der Waals surface area (Å²) in [4.78, 5) is 41.3. The molecule has 11 nitrogen and oxygen atoms in total. The molecule has 2 amide bonds. The number of alkyl halides is 3. The number of piperidine rings is 1. The zero-order valence-corrected chi connectivity index (χ0v) is 22.5. The number of carbonyl (C=O) groups excluding carboxylic acids is 2. The molecular formula is C25H37F3N4O7. The van der Waals surface area contributed by atoms with Crippen molar-refractivity contribution >= 4 is 17.8 Å².